The minimum absolute atomic E-state index is 0.286. The van der Waals surface area contributed by atoms with Crippen molar-refractivity contribution in [3.63, 3.8) is 0 Å². The highest BCUT2D eigenvalue weighted by Crippen LogP contribution is 2.36. The van der Waals surface area contributed by atoms with Gasteiger partial charge in [-0.3, -0.25) is 4.79 Å². The normalized spacial score (nSPS) is 12.1. The van der Waals surface area contributed by atoms with Crippen LogP contribution in [0.5, 0.6) is 0 Å². The van der Waals surface area contributed by atoms with E-state index in [1.165, 1.54) is 0 Å². The number of carbonyl (C=O) groups excluding carboxylic acids is 1. The van der Waals surface area contributed by atoms with Crippen LogP contribution in [-0.4, -0.2) is 37.6 Å². The molecule has 122 valence electrons. The van der Waals surface area contributed by atoms with Crippen LogP contribution in [0.15, 0.2) is 60.7 Å². The lowest BCUT2D eigenvalue weighted by Crippen LogP contribution is -2.48. The van der Waals surface area contributed by atoms with Crippen LogP contribution in [-0.2, 0) is 10.2 Å². The maximum absolute atomic E-state index is 12.6. The van der Waals surface area contributed by atoms with E-state index < -0.39 is 5.41 Å². The average molecular weight is 311 g/mol. The first-order chi connectivity index (χ1) is 10.9. The van der Waals surface area contributed by atoms with E-state index in [2.05, 4.69) is 21.0 Å². The van der Waals surface area contributed by atoms with Crippen LogP contribution in [0.25, 0.3) is 0 Å². The molecule has 0 bridgehead atoms. The zero-order valence-corrected chi connectivity index (χ0v) is 14.3. The number of nitrogens with zero attached hydrogens (tertiary/aromatic N) is 1. The number of hydrogen-bond donors (Lipinski definition) is 1. The molecule has 0 spiro atoms. The van der Waals surface area contributed by atoms with E-state index in [1.54, 1.807) is 0 Å². The van der Waals surface area contributed by atoms with Crippen LogP contribution in [0.3, 0.4) is 0 Å². The molecule has 2 aromatic rings. The van der Waals surface area contributed by atoms with Gasteiger partial charge in [0.25, 0.3) is 0 Å². The molecule has 0 aliphatic carbocycles. The zero-order valence-electron chi connectivity index (χ0n) is 14.3. The molecule has 1 amide bonds. The Hall–Kier alpha value is -2.13. The molecule has 2 rings (SSSR count). The molecule has 0 saturated carbocycles. The van der Waals surface area contributed by atoms with Gasteiger partial charge < -0.3 is 10.2 Å². The summed E-state index contributed by atoms with van der Waals surface area (Å²) in [6.45, 7) is 4.05. The lowest BCUT2D eigenvalue weighted by molar-refractivity contribution is -0.889. The molecule has 0 heterocycles. The van der Waals surface area contributed by atoms with Crippen molar-refractivity contribution in [2.45, 2.75) is 18.8 Å². The maximum atomic E-state index is 12.6. The van der Waals surface area contributed by atoms with Gasteiger partial charge >= 0.3 is 0 Å². The quantitative estimate of drug-likeness (QED) is 0.785. The molecule has 0 unspecified atom stereocenters. The van der Waals surface area contributed by atoms with E-state index in [4.69, 9.17) is 5.73 Å². The first-order valence-electron chi connectivity index (χ1n) is 8.15. The lowest BCUT2D eigenvalue weighted by atomic mass is 9.71. The van der Waals surface area contributed by atoms with E-state index in [1.807, 2.05) is 60.7 Å². The van der Waals surface area contributed by atoms with Gasteiger partial charge in [-0.25, -0.2) is 0 Å². The molecule has 0 aliphatic rings. The molecule has 23 heavy (non-hydrogen) atoms. The number of benzene rings is 2. The molecule has 2 aromatic carbocycles. The Balaban J connectivity index is 2.55. The third kappa shape index (κ3) is 3.62. The standard InChI is InChI=1S/C20H26N2O/c1-4-22(2,3)16-15-20(19(21)23,17-11-7-5-8-12-17)18-13-9-6-10-14-18/h5-14H,4,15-16H2,1-3H3,(H-,21,23)/p+1. The number of rotatable bonds is 7. The van der Waals surface area contributed by atoms with E-state index in [0.717, 1.165) is 28.7 Å². The van der Waals surface area contributed by atoms with Crippen LogP contribution in [0.4, 0.5) is 0 Å². The van der Waals surface area contributed by atoms with E-state index in [9.17, 15) is 4.79 Å². The minimum Gasteiger partial charge on any atom is -0.369 e. The summed E-state index contributed by atoms with van der Waals surface area (Å²) in [5, 5.41) is 0. The summed E-state index contributed by atoms with van der Waals surface area (Å²) in [7, 11) is 4.36. The molecule has 0 aliphatic heterocycles. The third-order valence-electron chi connectivity index (χ3n) is 4.90. The summed E-state index contributed by atoms with van der Waals surface area (Å²) in [6.07, 6.45) is 0.692. The molecule has 0 aromatic heterocycles. The number of hydrogen-bond acceptors (Lipinski definition) is 1. The Labute approximate surface area is 139 Å². The van der Waals surface area contributed by atoms with Gasteiger partial charge in [-0.05, 0) is 18.1 Å². The Morgan fingerprint density at radius 1 is 0.957 bits per heavy atom. The van der Waals surface area contributed by atoms with Crippen LogP contribution in [0.1, 0.15) is 24.5 Å². The van der Waals surface area contributed by atoms with Crippen LogP contribution >= 0.6 is 0 Å². The summed E-state index contributed by atoms with van der Waals surface area (Å²) in [5.74, 6) is -0.286. The van der Waals surface area contributed by atoms with Crippen molar-refractivity contribution in [3.05, 3.63) is 71.8 Å². The Bertz CT molecular complexity index is 596. The molecular formula is C20H27N2O+. The van der Waals surface area contributed by atoms with Crippen LogP contribution in [0.2, 0.25) is 0 Å². The van der Waals surface area contributed by atoms with Crippen molar-refractivity contribution in [3.8, 4) is 0 Å². The smallest absolute Gasteiger partial charge is 0.232 e. The zero-order chi connectivity index (χ0) is 16.9. The summed E-state index contributed by atoms with van der Waals surface area (Å²) in [5.41, 5.74) is 7.11. The number of amides is 1. The van der Waals surface area contributed by atoms with Gasteiger partial charge in [0.2, 0.25) is 5.91 Å². The number of quaternary nitrogens is 1. The second-order valence-corrected chi connectivity index (χ2v) is 6.73. The molecule has 3 nitrogen and oxygen atoms in total. The van der Waals surface area contributed by atoms with Crippen molar-refractivity contribution < 1.29 is 9.28 Å². The molecule has 2 N–H and O–H groups in total. The monoisotopic (exact) mass is 311 g/mol. The summed E-state index contributed by atoms with van der Waals surface area (Å²) in [6, 6.07) is 19.8. The maximum Gasteiger partial charge on any atom is 0.232 e. The highest BCUT2D eigenvalue weighted by molar-refractivity contribution is 5.90. The Morgan fingerprint density at radius 3 is 1.74 bits per heavy atom. The molecule has 0 saturated heterocycles. The van der Waals surface area contributed by atoms with Crippen LogP contribution in [0, 0.1) is 0 Å². The second kappa shape index (κ2) is 6.97. The topological polar surface area (TPSA) is 43.1 Å². The Morgan fingerprint density at radius 2 is 1.39 bits per heavy atom. The van der Waals surface area contributed by atoms with Gasteiger partial charge in [-0.15, -0.1) is 0 Å². The SMILES string of the molecule is CC[N+](C)(C)CCC(C(N)=O)(c1ccccc1)c1ccccc1. The van der Waals surface area contributed by atoms with Gasteiger partial charge in [-0.2, -0.15) is 0 Å². The first kappa shape index (κ1) is 17.2. The van der Waals surface area contributed by atoms with Gasteiger partial charge in [0.15, 0.2) is 0 Å². The summed E-state index contributed by atoms with van der Waals surface area (Å²) >= 11 is 0. The van der Waals surface area contributed by atoms with E-state index >= 15 is 0 Å². The van der Waals surface area contributed by atoms with Crippen LogP contribution < -0.4 is 5.73 Å². The van der Waals surface area contributed by atoms with Crippen molar-refractivity contribution in [1.29, 1.82) is 0 Å². The fourth-order valence-corrected chi connectivity index (χ4v) is 2.94. The predicted octanol–water partition coefficient (Wildman–Crippen LogP) is 2.94. The molecule has 0 fully saturated rings. The average Bonchev–Trinajstić information content (AvgIpc) is 2.57. The van der Waals surface area contributed by atoms with Crippen molar-refractivity contribution in [2.75, 3.05) is 27.2 Å². The second-order valence-electron chi connectivity index (χ2n) is 6.73. The highest BCUT2D eigenvalue weighted by Gasteiger charge is 2.41. The number of primary amides is 1. The minimum atomic E-state index is -0.785. The molecule has 0 atom stereocenters. The first-order valence-corrected chi connectivity index (χ1v) is 8.15. The van der Waals surface area contributed by atoms with E-state index in [-0.39, 0.29) is 5.91 Å². The summed E-state index contributed by atoms with van der Waals surface area (Å²) in [4.78, 5) is 12.6. The van der Waals surface area contributed by atoms with E-state index in [0.29, 0.717) is 6.42 Å². The lowest BCUT2D eigenvalue weighted by Gasteiger charge is -2.36. The number of nitrogens with two attached hydrogens (primary N) is 1. The fraction of sp³-hybridized carbons (Fsp3) is 0.350. The van der Waals surface area contributed by atoms with Gasteiger partial charge in [-0.1, -0.05) is 60.7 Å². The third-order valence-corrected chi connectivity index (χ3v) is 4.90. The fourth-order valence-electron chi connectivity index (χ4n) is 2.94. The largest absolute Gasteiger partial charge is 0.369 e. The Kier molecular flexibility index (Phi) is 5.22. The van der Waals surface area contributed by atoms with Crippen molar-refractivity contribution >= 4 is 5.91 Å². The molecule has 3 heteroatoms. The van der Waals surface area contributed by atoms with Gasteiger partial charge in [0, 0.05) is 6.42 Å². The highest BCUT2D eigenvalue weighted by atomic mass is 16.1. The van der Waals surface area contributed by atoms with Gasteiger partial charge in [0.1, 0.15) is 5.41 Å². The van der Waals surface area contributed by atoms with Gasteiger partial charge in [0.05, 0.1) is 27.2 Å². The van der Waals surface area contributed by atoms with Crippen molar-refractivity contribution in [2.24, 2.45) is 5.73 Å². The predicted molar refractivity (Wildman–Crippen MR) is 95.0 cm³/mol. The number of carbonyl (C=O) groups is 1. The molecule has 0 radical (unpaired) electrons. The summed E-state index contributed by atoms with van der Waals surface area (Å²) < 4.78 is 0.856. The van der Waals surface area contributed by atoms with Crippen molar-refractivity contribution in [1.82, 2.24) is 0 Å². The molecular weight excluding hydrogens is 284 g/mol.